The molecule has 0 spiro atoms. The Labute approximate surface area is 106 Å². The van der Waals surface area contributed by atoms with Gasteiger partial charge in [-0.3, -0.25) is 10.00 Å². The Morgan fingerprint density at radius 1 is 1.56 bits per heavy atom. The molecular weight excluding hydrogens is 237 g/mol. The summed E-state index contributed by atoms with van der Waals surface area (Å²) >= 11 is 0. The zero-order valence-corrected chi connectivity index (χ0v) is 11.0. The summed E-state index contributed by atoms with van der Waals surface area (Å²) in [5.74, 6) is 0. The molecule has 7 nitrogen and oxygen atoms in total. The summed E-state index contributed by atoms with van der Waals surface area (Å²) in [6, 6.07) is 0. The Bertz CT molecular complexity index is 425. The minimum absolute atomic E-state index is 0.128. The molecule has 0 radical (unpaired) electrons. The van der Waals surface area contributed by atoms with Crippen LogP contribution < -0.4 is 10.9 Å². The third kappa shape index (κ3) is 3.74. The summed E-state index contributed by atoms with van der Waals surface area (Å²) in [5, 5.41) is 24.9. The van der Waals surface area contributed by atoms with Crippen LogP contribution >= 0.6 is 0 Å². The van der Waals surface area contributed by atoms with Gasteiger partial charge in [0, 0.05) is 6.54 Å². The molecule has 1 amide bonds. The number of anilines is 1. The molecule has 3 N–H and O–H groups in total. The number of aryl methyl sites for hydroxylation is 1. The van der Waals surface area contributed by atoms with Crippen LogP contribution in [-0.2, 0) is 11.3 Å². The Kier molecular flexibility index (Phi) is 4.36. The molecule has 0 aromatic carbocycles. The van der Waals surface area contributed by atoms with E-state index in [1.165, 1.54) is 10.9 Å². The second-order valence-corrected chi connectivity index (χ2v) is 4.76. The third-order valence-electron chi connectivity index (χ3n) is 2.06. The van der Waals surface area contributed by atoms with E-state index in [1.54, 1.807) is 27.7 Å². The maximum absolute atomic E-state index is 11.6. The van der Waals surface area contributed by atoms with E-state index in [4.69, 9.17) is 4.74 Å². The van der Waals surface area contributed by atoms with E-state index in [1.807, 2.05) is 0 Å². The second kappa shape index (κ2) is 5.41. The molecule has 8 heteroatoms. The lowest BCUT2D eigenvalue weighted by Gasteiger charge is -2.19. The van der Waals surface area contributed by atoms with Crippen molar-refractivity contribution >= 4 is 24.5 Å². The molecule has 0 atom stereocenters. The van der Waals surface area contributed by atoms with Crippen molar-refractivity contribution < 1.29 is 19.6 Å². The molecule has 0 aliphatic carbocycles. The van der Waals surface area contributed by atoms with Gasteiger partial charge in [0.05, 0.1) is 17.5 Å². The van der Waals surface area contributed by atoms with Crippen molar-refractivity contribution in [2.75, 3.05) is 5.32 Å². The fraction of sp³-hybridized carbons (Fsp3) is 0.600. The lowest BCUT2D eigenvalue weighted by molar-refractivity contribution is 0.0636. The van der Waals surface area contributed by atoms with Crippen LogP contribution in [0.15, 0.2) is 6.20 Å². The van der Waals surface area contributed by atoms with Crippen molar-refractivity contribution in [3.63, 3.8) is 0 Å². The van der Waals surface area contributed by atoms with Crippen LogP contribution in [0, 0.1) is 0 Å². The Morgan fingerprint density at radius 2 is 2.17 bits per heavy atom. The van der Waals surface area contributed by atoms with Crippen LogP contribution in [-0.4, -0.2) is 38.6 Å². The van der Waals surface area contributed by atoms with Gasteiger partial charge in [-0.1, -0.05) is 0 Å². The highest BCUT2D eigenvalue weighted by atomic mass is 16.6. The first-order chi connectivity index (χ1) is 8.24. The normalized spacial score (nSPS) is 11.2. The van der Waals surface area contributed by atoms with Crippen molar-refractivity contribution in [2.24, 2.45) is 0 Å². The molecule has 1 rings (SSSR count). The van der Waals surface area contributed by atoms with Crippen LogP contribution in [0.2, 0.25) is 0 Å². The predicted octanol–water partition coefficient (Wildman–Crippen LogP) is -0.0702. The van der Waals surface area contributed by atoms with Gasteiger partial charge in [-0.15, -0.1) is 0 Å². The van der Waals surface area contributed by atoms with Gasteiger partial charge in [0.2, 0.25) is 0 Å². The number of ether oxygens (including phenoxy) is 1. The molecule has 18 heavy (non-hydrogen) atoms. The summed E-state index contributed by atoms with van der Waals surface area (Å²) < 4.78 is 6.46. The number of rotatable bonds is 3. The number of nitrogens with one attached hydrogen (secondary N) is 1. The second-order valence-electron chi connectivity index (χ2n) is 4.76. The van der Waals surface area contributed by atoms with Gasteiger partial charge < -0.3 is 14.8 Å². The van der Waals surface area contributed by atoms with Gasteiger partial charge in [-0.2, -0.15) is 5.10 Å². The van der Waals surface area contributed by atoms with Crippen LogP contribution in [0.25, 0.3) is 0 Å². The van der Waals surface area contributed by atoms with Crippen molar-refractivity contribution in [1.29, 1.82) is 0 Å². The number of hydrogen-bond acceptors (Lipinski definition) is 5. The molecular formula is C10H18BN3O4. The van der Waals surface area contributed by atoms with Crippen LogP contribution in [0.4, 0.5) is 10.5 Å². The van der Waals surface area contributed by atoms with E-state index in [2.05, 4.69) is 10.4 Å². The lowest BCUT2D eigenvalue weighted by atomic mass is 9.85. The Morgan fingerprint density at radius 3 is 2.61 bits per heavy atom. The topological polar surface area (TPSA) is 96.6 Å². The van der Waals surface area contributed by atoms with E-state index in [0.29, 0.717) is 6.54 Å². The highest BCUT2D eigenvalue weighted by Crippen LogP contribution is 2.10. The highest BCUT2D eigenvalue weighted by molar-refractivity contribution is 6.59. The monoisotopic (exact) mass is 255 g/mol. The van der Waals surface area contributed by atoms with Gasteiger partial charge in [-0.05, 0) is 27.7 Å². The SMILES string of the molecule is CCn1ncc(NC(=O)OC(C)(C)C)c1B(O)O. The molecule has 1 aromatic heterocycles. The van der Waals surface area contributed by atoms with Crippen molar-refractivity contribution in [1.82, 2.24) is 9.78 Å². The number of amides is 1. The smallest absolute Gasteiger partial charge is 0.444 e. The van der Waals surface area contributed by atoms with E-state index in [-0.39, 0.29) is 11.3 Å². The first-order valence-corrected chi connectivity index (χ1v) is 5.66. The summed E-state index contributed by atoms with van der Waals surface area (Å²) in [6.45, 7) is 7.48. The molecule has 1 aromatic rings. The number of hydrogen-bond donors (Lipinski definition) is 3. The maximum atomic E-state index is 11.6. The van der Waals surface area contributed by atoms with E-state index >= 15 is 0 Å². The summed E-state index contributed by atoms with van der Waals surface area (Å²) in [7, 11) is -1.71. The van der Waals surface area contributed by atoms with Gasteiger partial charge in [0.1, 0.15) is 5.60 Å². The molecule has 0 saturated heterocycles. The molecule has 0 saturated carbocycles. The zero-order chi connectivity index (χ0) is 13.9. The average molecular weight is 255 g/mol. The Balaban J connectivity index is 2.85. The standard InChI is InChI=1S/C10H18BN3O4/c1-5-14-8(11(16)17)7(6-12-14)13-9(15)18-10(2,3)4/h6,16-17H,5H2,1-4H3,(H,13,15). The molecule has 0 aliphatic rings. The predicted molar refractivity (Wildman–Crippen MR) is 67.6 cm³/mol. The highest BCUT2D eigenvalue weighted by Gasteiger charge is 2.25. The third-order valence-corrected chi connectivity index (χ3v) is 2.06. The van der Waals surface area contributed by atoms with Gasteiger partial charge in [-0.25, -0.2) is 4.79 Å². The fourth-order valence-corrected chi connectivity index (χ4v) is 1.43. The quantitative estimate of drug-likeness (QED) is 0.657. The van der Waals surface area contributed by atoms with Crippen LogP contribution in [0.1, 0.15) is 27.7 Å². The molecule has 0 aliphatic heterocycles. The number of carbonyl (C=O) groups excluding carboxylic acids is 1. The summed E-state index contributed by atoms with van der Waals surface area (Å²) in [5.41, 5.74) is -0.271. The molecule has 0 unspecified atom stereocenters. The largest absolute Gasteiger partial charge is 0.509 e. The summed E-state index contributed by atoms with van der Waals surface area (Å²) in [4.78, 5) is 11.6. The maximum Gasteiger partial charge on any atom is 0.509 e. The molecule has 100 valence electrons. The van der Waals surface area contributed by atoms with E-state index in [9.17, 15) is 14.8 Å². The van der Waals surface area contributed by atoms with Crippen molar-refractivity contribution in [2.45, 2.75) is 39.8 Å². The van der Waals surface area contributed by atoms with Crippen LogP contribution in [0.3, 0.4) is 0 Å². The number of nitrogens with zero attached hydrogens (tertiary/aromatic N) is 2. The molecule has 0 bridgehead atoms. The van der Waals surface area contributed by atoms with Crippen LogP contribution in [0.5, 0.6) is 0 Å². The van der Waals surface area contributed by atoms with Crippen molar-refractivity contribution in [3.05, 3.63) is 6.20 Å². The molecule has 0 fully saturated rings. The minimum atomic E-state index is -1.71. The number of carbonyl (C=O) groups is 1. The first kappa shape index (κ1) is 14.5. The van der Waals surface area contributed by atoms with Gasteiger partial charge in [0.25, 0.3) is 0 Å². The number of aromatic nitrogens is 2. The molecule has 1 heterocycles. The average Bonchev–Trinajstić information content (AvgIpc) is 2.57. The first-order valence-electron chi connectivity index (χ1n) is 5.66. The zero-order valence-electron chi connectivity index (χ0n) is 11.0. The van der Waals surface area contributed by atoms with Gasteiger partial charge >= 0.3 is 13.2 Å². The van der Waals surface area contributed by atoms with Crippen molar-refractivity contribution in [3.8, 4) is 0 Å². The van der Waals surface area contributed by atoms with E-state index in [0.717, 1.165) is 0 Å². The lowest BCUT2D eigenvalue weighted by Crippen LogP contribution is -2.39. The van der Waals surface area contributed by atoms with Gasteiger partial charge in [0.15, 0.2) is 0 Å². The summed E-state index contributed by atoms with van der Waals surface area (Å²) in [6.07, 6.45) is 0.683. The minimum Gasteiger partial charge on any atom is -0.444 e. The fourth-order valence-electron chi connectivity index (χ4n) is 1.43. The Hall–Kier alpha value is -1.54. The van der Waals surface area contributed by atoms with E-state index < -0.39 is 18.8 Å².